The lowest BCUT2D eigenvalue weighted by Crippen LogP contribution is -2.49. The fourth-order valence-corrected chi connectivity index (χ4v) is 4.28. The highest BCUT2D eigenvalue weighted by atomic mass is 16.5. The van der Waals surface area contributed by atoms with E-state index in [0.717, 1.165) is 26.2 Å². The molecule has 1 atom stereocenters. The minimum Gasteiger partial charge on any atom is -0.491 e. The van der Waals surface area contributed by atoms with Crippen LogP contribution in [0.15, 0.2) is 72.8 Å². The van der Waals surface area contributed by atoms with Gasteiger partial charge in [-0.3, -0.25) is 9.69 Å². The second-order valence-corrected chi connectivity index (χ2v) is 8.69. The number of piperazine rings is 1. The summed E-state index contributed by atoms with van der Waals surface area (Å²) in [5, 5.41) is 10.5. The Hall–Kier alpha value is -3.15. The maximum Gasteiger partial charge on any atom is 0.193 e. The fourth-order valence-electron chi connectivity index (χ4n) is 4.28. The van der Waals surface area contributed by atoms with Crippen LogP contribution in [0.25, 0.3) is 0 Å². The molecule has 0 unspecified atom stereocenters. The molecule has 1 saturated heterocycles. The van der Waals surface area contributed by atoms with Crippen LogP contribution in [-0.4, -0.2) is 61.2 Å². The molecule has 33 heavy (non-hydrogen) atoms. The Morgan fingerprint density at radius 1 is 0.909 bits per heavy atom. The van der Waals surface area contributed by atoms with Crippen molar-refractivity contribution in [1.82, 2.24) is 4.90 Å². The summed E-state index contributed by atoms with van der Waals surface area (Å²) in [6.07, 6.45) is -0.592. The summed E-state index contributed by atoms with van der Waals surface area (Å²) in [5.41, 5.74) is 5.19. The number of aliphatic hydroxyl groups is 1. The molecule has 0 bridgehead atoms. The molecule has 0 amide bonds. The summed E-state index contributed by atoms with van der Waals surface area (Å²) < 4.78 is 5.82. The van der Waals surface area contributed by atoms with Gasteiger partial charge in [-0.2, -0.15) is 0 Å². The van der Waals surface area contributed by atoms with Gasteiger partial charge in [0.05, 0.1) is 0 Å². The van der Waals surface area contributed by atoms with Crippen molar-refractivity contribution in [2.24, 2.45) is 0 Å². The zero-order valence-electron chi connectivity index (χ0n) is 19.4. The first-order chi connectivity index (χ1) is 16.0. The highest BCUT2D eigenvalue weighted by molar-refractivity contribution is 6.09. The maximum atomic E-state index is 12.7. The number of nitrogens with zero attached hydrogens (tertiary/aromatic N) is 2. The molecule has 0 aromatic heterocycles. The van der Waals surface area contributed by atoms with E-state index >= 15 is 0 Å². The Labute approximate surface area is 196 Å². The number of β-amino-alcohol motifs (C(OH)–C–C–N with tert-alkyl or cyclic N) is 1. The summed E-state index contributed by atoms with van der Waals surface area (Å²) in [6, 6.07) is 22.8. The topological polar surface area (TPSA) is 53.0 Å². The molecule has 0 saturated carbocycles. The van der Waals surface area contributed by atoms with Gasteiger partial charge in [-0.15, -0.1) is 0 Å². The molecule has 3 aromatic carbocycles. The number of rotatable bonds is 8. The van der Waals surface area contributed by atoms with Gasteiger partial charge in [-0.05, 0) is 43.2 Å². The number of carbonyl (C=O) groups is 1. The number of aryl methyl sites for hydroxylation is 1. The third-order valence-corrected chi connectivity index (χ3v) is 6.33. The Bertz CT molecular complexity index is 1080. The maximum absolute atomic E-state index is 12.7. The van der Waals surface area contributed by atoms with Crippen molar-refractivity contribution in [3.05, 3.63) is 95.1 Å². The van der Waals surface area contributed by atoms with Gasteiger partial charge in [-0.1, -0.05) is 54.6 Å². The van der Waals surface area contributed by atoms with E-state index in [2.05, 4.69) is 41.8 Å². The van der Waals surface area contributed by atoms with Gasteiger partial charge in [0, 0.05) is 49.5 Å². The van der Waals surface area contributed by atoms with Crippen molar-refractivity contribution < 1.29 is 14.6 Å². The molecule has 1 aliphatic heterocycles. The van der Waals surface area contributed by atoms with Crippen LogP contribution in [0.1, 0.15) is 27.0 Å². The number of hydrogen-bond donors (Lipinski definition) is 1. The van der Waals surface area contributed by atoms with Crippen LogP contribution >= 0.6 is 0 Å². The average molecular weight is 445 g/mol. The molecule has 1 aliphatic rings. The summed E-state index contributed by atoms with van der Waals surface area (Å²) in [5.74, 6) is 0.555. The molecule has 172 valence electrons. The van der Waals surface area contributed by atoms with Gasteiger partial charge in [0.15, 0.2) is 5.78 Å². The average Bonchev–Trinajstić information content (AvgIpc) is 2.85. The van der Waals surface area contributed by atoms with E-state index in [0.29, 0.717) is 23.4 Å². The molecule has 4 rings (SSSR count). The normalized spacial score (nSPS) is 15.3. The first-order valence-corrected chi connectivity index (χ1v) is 11.6. The van der Waals surface area contributed by atoms with Crippen LogP contribution in [0.3, 0.4) is 0 Å². The standard InChI is InChI=1S/C28H32N2O3/c1-21-8-6-13-27(22(21)2)30-16-14-29(15-17-30)19-25(31)20-33-26-12-7-11-24(18-26)28(32)23-9-4-3-5-10-23/h3-13,18,25,31H,14-17,19-20H2,1-2H3/t25-/m1/s1. The van der Waals surface area contributed by atoms with Gasteiger partial charge < -0.3 is 14.7 Å². The zero-order chi connectivity index (χ0) is 23.2. The van der Waals surface area contributed by atoms with Gasteiger partial charge in [0.1, 0.15) is 18.5 Å². The van der Waals surface area contributed by atoms with E-state index in [1.807, 2.05) is 30.3 Å². The predicted molar refractivity (Wildman–Crippen MR) is 132 cm³/mol. The quantitative estimate of drug-likeness (QED) is 0.530. The van der Waals surface area contributed by atoms with E-state index in [4.69, 9.17) is 4.74 Å². The first-order valence-electron chi connectivity index (χ1n) is 11.6. The monoisotopic (exact) mass is 444 g/mol. The van der Waals surface area contributed by atoms with Crippen LogP contribution in [-0.2, 0) is 0 Å². The minimum absolute atomic E-state index is 0.0386. The number of benzene rings is 3. The van der Waals surface area contributed by atoms with Gasteiger partial charge >= 0.3 is 0 Å². The summed E-state index contributed by atoms with van der Waals surface area (Å²) >= 11 is 0. The van der Waals surface area contributed by atoms with Crippen molar-refractivity contribution in [3.8, 4) is 5.75 Å². The number of carbonyl (C=O) groups excluding carboxylic acids is 1. The Kier molecular flexibility index (Phi) is 7.43. The highest BCUT2D eigenvalue weighted by Crippen LogP contribution is 2.24. The molecule has 5 heteroatoms. The third kappa shape index (κ3) is 5.81. The van der Waals surface area contributed by atoms with Crippen molar-refractivity contribution in [3.63, 3.8) is 0 Å². The van der Waals surface area contributed by atoms with E-state index in [1.54, 1.807) is 24.3 Å². The largest absolute Gasteiger partial charge is 0.491 e. The lowest BCUT2D eigenvalue weighted by atomic mass is 10.0. The molecule has 1 fully saturated rings. The highest BCUT2D eigenvalue weighted by Gasteiger charge is 2.21. The van der Waals surface area contributed by atoms with Crippen LogP contribution in [0.2, 0.25) is 0 Å². The van der Waals surface area contributed by atoms with Crippen molar-refractivity contribution in [2.75, 3.05) is 44.2 Å². The predicted octanol–water partition coefficient (Wildman–Crippen LogP) is 4.10. The summed E-state index contributed by atoms with van der Waals surface area (Å²) in [4.78, 5) is 17.4. The SMILES string of the molecule is Cc1cccc(N2CCN(C[C@@H](O)COc3cccc(C(=O)c4ccccc4)c3)CC2)c1C. The van der Waals surface area contributed by atoms with E-state index < -0.39 is 6.10 Å². The lowest BCUT2D eigenvalue weighted by Gasteiger charge is -2.37. The second kappa shape index (κ2) is 10.6. The number of aliphatic hydroxyl groups excluding tert-OH is 1. The second-order valence-electron chi connectivity index (χ2n) is 8.69. The summed E-state index contributed by atoms with van der Waals surface area (Å²) in [6.45, 7) is 8.81. The van der Waals surface area contributed by atoms with Gasteiger partial charge in [-0.25, -0.2) is 0 Å². The molecular weight excluding hydrogens is 412 g/mol. The fraction of sp³-hybridized carbons (Fsp3) is 0.321. The van der Waals surface area contributed by atoms with Crippen LogP contribution in [0, 0.1) is 13.8 Å². The van der Waals surface area contributed by atoms with Crippen molar-refractivity contribution >= 4 is 11.5 Å². The third-order valence-electron chi connectivity index (χ3n) is 6.33. The Morgan fingerprint density at radius 2 is 1.61 bits per heavy atom. The van der Waals surface area contributed by atoms with Crippen molar-refractivity contribution in [2.45, 2.75) is 20.0 Å². The first kappa shape index (κ1) is 23.0. The van der Waals surface area contributed by atoms with Crippen molar-refractivity contribution in [1.29, 1.82) is 0 Å². The van der Waals surface area contributed by atoms with Crippen LogP contribution < -0.4 is 9.64 Å². The zero-order valence-corrected chi connectivity index (χ0v) is 19.4. The molecule has 1 N–H and O–H groups in total. The molecule has 0 radical (unpaired) electrons. The summed E-state index contributed by atoms with van der Waals surface area (Å²) in [7, 11) is 0. The Balaban J connectivity index is 1.26. The van der Waals surface area contributed by atoms with E-state index in [-0.39, 0.29) is 12.4 Å². The van der Waals surface area contributed by atoms with E-state index in [1.165, 1.54) is 16.8 Å². The number of ether oxygens (including phenoxy) is 1. The smallest absolute Gasteiger partial charge is 0.193 e. The molecule has 0 aliphatic carbocycles. The molecule has 5 nitrogen and oxygen atoms in total. The van der Waals surface area contributed by atoms with Gasteiger partial charge in [0.2, 0.25) is 0 Å². The van der Waals surface area contributed by atoms with E-state index in [9.17, 15) is 9.90 Å². The number of hydrogen-bond acceptors (Lipinski definition) is 5. The Morgan fingerprint density at radius 3 is 2.36 bits per heavy atom. The lowest BCUT2D eigenvalue weighted by molar-refractivity contribution is 0.0663. The minimum atomic E-state index is -0.592. The molecule has 0 spiro atoms. The molecule has 1 heterocycles. The van der Waals surface area contributed by atoms with Gasteiger partial charge in [0.25, 0.3) is 0 Å². The number of ketones is 1. The molecule has 3 aromatic rings. The number of anilines is 1. The van der Waals surface area contributed by atoms with Crippen LogP contribution in [0.4, 0.5) is 5.69 Å². The van der Waals surface area contributed by atoms with Crippen LogP contribution in [0.5, 0.6) is 5.75 Å². The molecular formula is C28H32N2O3.